The van der Waals surface area contributed by atoms with E-state index in [4.69, 9.17) is 11.6 Å². The monoisotopic (exact) mass is 401 g/mol. The van der Waals surface area contributed by atoms with Crippen molar-refractivity contribution < 1.29 is 9.72 Å². The molecule has 0 bridgehead atoms. The predicted octanol–water partition coefficient (Wildman–Crippen LogP) is 3.93. The number of non-ortho nitro benzene ring substituents is 1. The lowest BCUT2D eigenvalue weighted by atomic mass is 9.96. The van der Waals surface area contributed by atoms with E-state index in [1.165, 1.54) is 23.8 Å². The van der Waals surface area contributed by atoms with Gasteiger partial charge in [0.15, 0.2) is 0 Å². The van der Waals surface area contributed by atoms with Crippen molar-refractivity contribution in [2.24, 2.45) is 5.92 Å². The van der Waals surface area contributed by atoms with Crippen LogP contribution in [-0.2, 0) is 6.42 Å². The molecule has 0 spiro atoms. The molecular weight excluding hydrogens is 378 g/mol. The van der Waals surface area contributed by atoms with E-state index in [0.29, 0.717) is 12.5 Å². The Morgan fingerprint density at radius 3 is 2.54 bits per heavy atom. The van der Waals surface area contributed by atoms with Gasteiger partial charge >= 0.3 is 0 Å². The lowest BCUT2D eigenvalue weighted by Gasteiger charge is -2.32. The number of rotatable bonds is 7. The molecule has 0 aliphatic carbocycles. The molecule has 1 amide bonds. The Hall–Kier alpha value is -2.44. The summed E-state index contributed by atoms with van der Waals surface area (Å²) >= 11 is 6.02. The number of amides is 1. The summed E-state index contributed by atoms with van der Waals surface area (Å²) in [7, 11) is 0. The SMILES string of the molecule is O=C(NCC1CCN(CCc2ccccc2)CC1)c1ccc([N+](=O)[O-])cc1Cl. The van der Waals surface area contributed by atoms with Crippen LogP contribution in [0.1, 0.15) is 28.8 Å². The minimum absolute atomic E-state index is 0.0995. The first-order valence-corrected chi connectivity index (χ1v) is 9.89. The fraction of sp³-hybridized carbons (Fsp3) is 0.381. The summed E-state index contributed by atoms with van der Waals surface area (Å²) in [5, 5.41) is 13.8. The number of nitrogens with zero attached hydrogens (tertiary/aromatic N) is 2. The van der Waals surface area contributed by atoms with Gasteiger partial charge in [-0.2, -0.15) is 0 Å². The van der Waals surface area contributed by atoms with Crippen molar-refractivity contribution in [1.29, 1.82) is 0 Å². The Morgan fingerprint density at radius 2 is 1.89 bits per heavy atom. The molecule has 7 heteroatoms. The van der Waals surface area contributed by atoms with E-state index in [-0.39, 0.29) is 22.2 Å². The van der Waals surface area contributed by atoms with Crippen LogP contribution in [0, 0.1) is 16.0 Å². The van der Waals surface area contributed by atoms with Crippen molar-refractivity contribution in [3.8, 4) is 0 Å². The molecule has 3 rings (SSSR count). The maximum Gasteiger partial charge on any atom is 0.270 e. The minimum Gasteiger partial charge on any atom is -0.352 e. The van der Waals surface area contributed by atoms with Gasteiger partial charge in [0.2, 0.25) is 0 Å². The van der Waals surface area contributed by atoms with Crippen molar-refractivity contribution in [3.63, 3.8) is 0 Å². The molecule has 1 heterocycles. The molecule has 0 saturated carbocycles. The smallest absolute Gasteiger partial charge is 0.270 e. The van der Waals surface area contributed by atoms with Gasteiger partial charge in [0.1, 0.15) is 0 Å². The number of piperidine rings is 1. The zero-order valence-corrected chi connectivity index (χ0v) is 16.4. The molecule has 148 valence electrons. The van der Waals surface area contributed by atoms with E-state index in [1.807, 2.05) is 6.07 Å². The number of hydrogen-bond donors (Lipinski definition) is 1. The average Bonchev–Trinajstić information content (AvgIpc) is 2.72. The molecule has 1 aliphatic rings. The first-order chi connectivity index (χ1) is 13.5. The highest BCUT2D eigenvalue weighted by Gasteiger charge is 2.21. The quantitative estimate of drug-likeness (QED) is 0.563. The second kappa shape index (κ2) is 9.66. The molecule has 0 radical (unpaired) electrons. The number of carbonyl (C=O) groups excluding carboxylic acids is 1. The Bertz CT molecular complexity index is 821. The molecule has 1 aliphatic heterocycles. The van der Waals surface area contributed by atoms with Gasteiger partial charge in [-0.15, -0.1) is 0 Å². The molecule has 1 fully saturated rings. The highest BCUT2D eigenvalue weighted by Crippen LogP contribution is 2.23. The van der Waals surface area contributed by atoms with Crippen LogP contribution in [0.3, 0.4) is 0 Å². The lowest BCUT2D eigenvalue weighted by Crippen LogP contribution is -2.39. The van der Waals surface area contributed by atoms with Crippen LogP contribution in [0.4, 0.5) is 5.69 Å². The van der Waals surface area contributed by atoms with E-state index in [0.717, 1.165) is 38.9 Å². The number of nitro groups is 1. The fourth-order valence-corrected chi connectivity index (χ4v) is 3.74. The van der Waals surface area contributed by atoms with E-state index >= 15 is 0 Å². The average molecular weight is 402 g/mol. The third-order valence-electron chi connectivity index (χ3n) is 5.23. The minimum atomic E-state index is -0.529. The molecular formula is C21H24ClN3O3. The predicted molar refractivity (Wildman–Crippen MR) is 110 cm³/mol. The zero-order valence-electron chi connectivity index (χ0n) is 15.6. The summed E-state index contributed by atoms with van der Waals surface area (Å²) in [4.78, 5) is 25.0. The van der Waals surface area contributed by atoms with E-state index in [1.54, 1.807) is 0 Å². The highest BCUT2D eigenvalue weighted by molar-refractivity contribution is 6.34. The third kappa shape index (κ3) is 5.53. The van der Waals surface area contributed by atoms with E-state index in [9.17, 15) is 14.9 Å². The van der Waals surface area contributed by atoms with Crippen LogP contribution < -0.4 is 5.32 Å². The molecule has 28 heavy (non-hydrogen) atoms. The normalized spacial score (nSPS) is 15.3. The first kappa shape index (κ1) is 20.3. The van der Waals surface area contributed by atoms with Crippen LogP contribution in [0.15, 0.2) is 48.5 Å². The van der Waals surface area contributed by atoms with Crippen LogP contribution in [0.5, 0.6) is 0 Å². The van der Waals surface area contributed by atoms with Crippen LogP contribution >= 0.6 is 11.6 Å². The summed E-state index contributed by atoms with van der Waals surface area (Å²) < 4.78 is 0. The Morgan fingerprint density at radius 1 is 1.18 bits per heavy atom. The van der Waals surface area contributed by atoms with E-state index < -0.39 is 4.92 Å². The van der Waals surface area contributed by atoms with E-state index in [2.05, 4.69) is 34.5 Å². The second-order valence-corrected chi connectivity index (χ2v) is 7.56. The van der Waals surface area contributed by atoms with Gasteiger partial charge in [-0.25, -0.2) is 0 Å². The van der Waals surface area contributed by atoms with Crippen molar-refractivity contribution in [1.82, 2.24) is 10.2 Å². The van der Waals surface area contributed by atoms with Gasteiger partial charge in [-0.05, 0) is 49.9 Å². The van der Waals surface area contributed by atoms with Gasteiger partial charge in [0.25, 0.3) is 11.6 Å². The number of carbonyl (C=O) groups is 1. The Balaban J connectivity index is 1.41. The number of nitro benzene ring substituents is 1. The second-order valence-electron chi connectivity index (χ2n) is 7.15. The summed E-state index contributed by atoms with van der Waals surface area (Å²) in [6.07, 6.45) is 3.15. The third-order valence-corrected chi connectivity index (χ3v) is 5.54. The number of benzene rings is 2. The molecule has 6 nitrogen and oxygen atoms in total. The van der Waals surface area contributed by atoms with Crippen LogP contribution in [0.25, 0.3) is 0 Å². The van der Waals surface area contributed by atoms with Gasteiger partial charge in [0, 0.05) is 25.2 Å². The summed E-state index contributed by atoms with van der Waals surface area (Å²) in [5.74, 6) is 0.153. The van der Waals surface area contributed by atoms with Gasteiger partial charge in [-0.1, -0.05) is 41.9 Å². The maximum atomic E-state index is 12.3. The number of nitrogens with one attached hydrogen (secondary N) is 1. The van der Waals surface area contributed by atoms with Crippen molar-refractivity contribution in [2.45, 2.75) is 19.3 Å². The summed E-state index contributed by atoms with van der Waals surface area (Å²) in [6.45, 7) is 3.72. The van der Waals surface area contributed by atoms with Crippen molar-refractivity contribution in [3.05, 3.63) is 74.8 Å². The number of halogens is 1. The molecule has 2 aromatic rings. The zero-order chi connectivity index (χ0) is 19.9. The highest BCUT2D eigenvalue weighted by atomic mass is 35.5. The molecule has 0 atom stereocenters. The van der Waals surface area contributed by atoms with Gasteiger partial charge < -0.3 is 10.2 Å². The first-order valence-electron chi connectivity index (χ1n) is 9.51. The van der Waals surface area contributed by atoms with Crippen molar-refractivity contribution >= 4 is 23.2 Å². The fourth-order valence-electron chi connectivity index (χ4n) is 3.48. The maximum absolute atomic E-state index is 12.3. The van der Waals surface area contributed by atoms with Crippen LogP contribution in [0.2, 0.25) is 5.02 Å². The lowest BCUT2D eigenvalue weighted by molar-refractivity contribution is -0.384. The van der Waals surface area contributed by atoms with Gasteiger partial charge in [0.05, 0.1) is 15.5 Å². The molecule has 1 saturated heterocycles. The van der Waals surface area contributed by atoms with Crippen LogP contribution in [-0.4, -0.2) is 41.9 Å². The molecule has 1 N–H and O–H groups in total. The largest absolute Gasteiger partial charge is 0.352 e. The molecule has 2 aromatic carbocycles. The summed E-state index contributed by atoms with van der Waals surface area (Å²) in [5.41, 5.74) is 1.51. The van der Waals surface area contributed by atoms with Gasteiger partial charge in [-0.3, -0.25) is 14.9 Å². The Labute approximate surface area is 169 Å². The standard InChI is InChI=1S/C21H24ClN3O3/c22-20-14-18(25(27)28)6-7-19(20)21(26)23-15-17-9-12-24(13-10-17)11-8-16-4-2-1-3-5-16/h1-7,14,17H,8-13,15H2,(H,23,26). The topological polar surface area (TPSA) is 75.5 Å². The van der Waals surface area contributed by atoms with Crippen molar-refractivity contribution in [2.75, 3.05) is 26.2 Å². The molecule has 0 aromatic heterocycles. The number of likely N-dealkylation sites (tertiary alicyclic amines) is 1. The Kier molecular flexibility index (Phi) is 7.01. The summed E-state index contributed by atoms with van der Waals surface area (Å²) in [6, 6.07) is 14.4. The molecule has 0 unspecified atom stereocenters. The number of hydrogen-bond acceptors (Lipinski definition) is 4.